The van der Waals surface area contributed by atoms with Gasteiger partial charge in [0, 0.05) is 31.7 Å². The minimum absolute atomic E-state index is 0.0464. The summed E-state index contributed by atoms with van der Waals surface area (Å²) in [6, 6.07) is 7.61. The van der Waals surface area contributed by atoms with Gasteiger partial charge in [-0.1, -0.05) is 12.1 Å². The van der Waals surface area contributed by atoms with E-state index >= 15 is 0 Å². The maximum atomic E-state index is 13.4. The summed E-state index contributed by atoms with van der Waals surface area (Å²) < 4.78 is 9.30. The molecule has 5 rings (SSSR count). The minimum Gasteiger partial charge on any atom is -0.505 e. The number of pyridine rings is 1. The van der Waals surface area contributed by atoms with Gasteiger partial charge in [0.05, 0.1) is 30.2 Å². The Hall–Kier alpha value is -4.60. The lowest BCUT2D eigenvalue weighted by atomic mass is 9.96. The number of aromatic hydroxyl groups is 1. The third kappa shape index (κ3) is 4.27. The number of amides is 1. The zero-order chi connectivity index (χ0) is 27.0. The first kappa shape index (κ1) is 25.1. The SMILES string of the molecule is CCOc1cc(C2/C(=C(\O)c3nc4c(C)cccn4c3C)C(=O)C(=O)N2CCCn2ccnc2)ccc1O. The van der Waals surface area contributed by atoms with Crippen molar-refractivity contribution in [1.29, 1.82) is 0 Å². The number of rotatable bonds is 8. The first-order valence-electron chi connectivity index (χ1n) is 12.5. The molecule has 0 saturated carbocycles. The minimum atomic E-state index is -0.886. The number of benzene rings is 1. The van der Waals surface area contributed by atoms with Crippen molar-refractivity contribution in [3.05, 3.63) is 83.3 Å². The second-order valence-corrected chi connectivity index (χ2v) is 9.24. The Kier molecular flexibility index (Phi) is 6.62. The van der Waals surface area contributed by atoms with E-state index in [2.05, 4.69) is 9.97 Å². The van der Waals surface area contributed by atoms with E-state index in [4.69, 9.17) is 4.74 Å². The van der Waals surface area contributed by atoms with E-state index < -0.39 is 17.7 Å². The average Bonchev–Trinajstić information content (AvgIpc) is 3.60. The zero-order valence-corrected chi connectivity index (χ0v) is 21.5. The van der Waals surface area contributed by atoms with Gasteiger partial charge in [-0.2, -0.15) is 0 Å². The maximum Gasteiger partial charge on any atom is 0.295 e. The molecule has 196 valence electrons. The highest BCUT2D eigenvalue weighted by Crippen LogP contribution is 2.42. The van der Waals surface area contributed by atoms with Gasteiger partial charge in [-0.25, -0.2) is 9.97 Å². The standard InChI is InChI=1S/C28H29N5O5/c1-4-38-21-15-19(8-9-20(21)34)24-22(25(35)23-18(3)32-12-5-7-17(2)27(32)30-23)26(36)28(37)33(24)13-6-11-31-14-10-29-16-31/h5,7-10,12,14-16,24,34-35H,4,6,11,13H2,1-3H3/b25-22+. The molecule has 1 unspecified atom stereocenters. The summed E-state index contributed by atoms with van der Waals surface area (Å²) in [5.41, 5.74) is 2.94. The third-order valence-electron chi connectivity index (χ3n) is 6.82. The van der Waals surface area contributed by atoms with Gasteiger partial charge in [0.1, 0.15) is 11.3 Å². The number of fused-ring (bicyclic) bond motifs is 1. The van der Waals surface area contributed by atoms with Crippen LogP contribution in [0.15, 0.2) is 60.8 Å². The van der Waals surface area contributed by atoms with Gasteiger partial charge < -0.3 is 28.8 Å². The molecule has 1 amide bonds. The Morgan fingerprint density at radius 2 is 1.95 bits per heavy atom. The lowest BCUT2D eigenvalue weighted by Gasteiger charge is -2.26. The molecule has 1 atom stereocenters. The normalized spacial score (nSPS) is 17.0. The average molecular weight is 516 g/mol. The second-order valence-electron chi connectivity index (χ2n) is 9.24. The van der Waals surface area contributed by atoms with E-state index in [0.29, 0.717) is 36.5 Å². The summed E-state index contributed by atoms with van der Waals surface area (Å²) in [6.07, 6.45) is 7.59. The Morgan fingerprint density at radius 3 is 2.66 bits per heavy atom. The van der Waals surface area contributed by atoms with Crippen molar-refractivity contribution < 1.29 is 24.5 Å². The number of aliphatic hydroxyl groups is 1. The number of likely N-dealkylation sites (tertiary alicyclic amines) is 1. The fraction of sp³-hybridized carbons (Fsp3) is 0.286. The summed E-state index contributed by atoms with van der Waals surface area (Å²) in [7, 11) is 0. The van der Waals surface area contributed by atoms with Gasteiger partial charge in [-0.05, 0) is 56.5 Å². The van der Waals surface area contributed by atoms with Crippen molar-refractivity contribution >= 4 is 23.1 Å². The molecule has 4 aromatic rings. The number of nitrogens with zero attached hydrogens (tertiary/aromatic N) is 5. The van der Waals surface area contributed by atoms with Crippen molar-refractivity contribution in [3.8, 4) is 11.5 Å². The highest BCUT2D eigenvalue weighted by Gasteiger charge is 2.46. The predicted molar refractivity (Wildman–Crippen MR) is 140 cm³/mol. The second kappa shape index (κ2) is 10.0. The smallest absolute Gasteiger partial charge is 0.295 e. The summed E-state index contributed by atoms with van der Waals surface area (Å²) in [5, 5.41) is 21.8. The molecule has 0 radical (unpaired) electrons. The van der Waals surface area contributed by atoms with Crippen LogP contribution in [-0.4, -0.2) is 58.9 Å². The number of carbonyl (C=O) groups is 2. The molecular formula is C28H29N5O5. The van der Waals surface area contributed by atoms with Gasteiger partial charge in [0.25, 0.3) is 11.7 Å². The molecule has 1 fully saturated rings. The fourth-order valence-electron chi connectivity index (χ4n) is 4.95. The molecule has 1 saturated heterocycles. The summed E-state index contributed by atoms with van der Waals surface area (Å²) in [4.78, 5) is 36.9. The molecule has 38 heavy (non-hydrogen) atoms. The van der Waals surface area contributed by atoms with Crippen molar-refractivity contribution in [2.45, 2.75) is 39.8 Å². The first-order chi connectivity index (χ1) is 18.3. The molecule has 4 heterocycles. The Bertz CT molecular complexity index is 1550. The largest absolute Gasteiger partial charge is 0.505 e. The predicted octanol–water partition coefficient (Wildman–Crippen LogP) is 3.76. The number of phenols is 1. The van der Waals surface area contributed by atoms with E-state index in [0.717, 1.165) is 5.56 Å². The molecule has 1 aliphatic rings. The summed E-state index contributed by atoms with van der Waals surface area (Å²) >= 11 is 0. The molecule has 1 aliphatic heterocycles. The molecule has 0 spiro atoms. The molecule has 2 N–H and O–H groups in total. The van der Waals surface area contributed by atoms with Gasteiger partial charge in [-0.15, -0.1) is 0 Å². The van der Waals surface area contributed by atoms with Crippen LogP contribution < -0.4 is 4.74 Å². The lowest BCUT2D eigenvalue weighted by Crippen LogP contribution is -2.31. The van der Waals surface area contributed by atoms with Crippen molar-refractivity contribution in [2.24, 2.45) is 0 Å². The molecular weight excluding hydrogens is 486 g/mol. The topological polar surface area (TPSA) is 122 Å². The van der Waals surface area contributed by atoms with Crippen LogP contribution >= 0.6 is 0 Å². The van der Waals surface area contributed by atoms with Crippen molar-refractivity contribution in [1.82, 2.24) is 23.8 Å². The highest BCUT2D eigenvalue weighted by atomic mass is 16.5. The molecule has 1 aromatic carbocycles. The zero-order valence-electron chi connectivity index (χ0n) is 21.5. The first-order valence-corrected chi connectivity index (χ1v) is 12.5. The number of imidazole rings is 2. The van der Waals surface area contributed by atoms with Crippen LogP contribution in [0.25, 0.3) is 11.4 Å². The fourth-order valence-corrected chi connectivity index (χ4v) is 4.95. The van der Waals surface area contributed by atoms with E-state index in [1.807, 2.05) is 40.4 Å². The number of ketones is 1. The van der Waals surface area contributed by atoms with E-state index in [9.17, 15) is 19.8 Å². The van der Waals surface area contributed by atoms with Crippen molar-refractivity contribution in [3.63, 3.8) is 0 Å². The maximum absolute atomic E-state index is 13.4. The van der Waals surface area contributed by atoms with Crippen LogP contribution in [0.2, 0.25) is 0 Å². The molecule has 0 aliphatic carbocycles. The number of carbonyl (C=O) groups excluding carboxylic acids is 2. The number of aromatic nitrogens is 4. The Labute approximate surface area is 219 Å². The molecule has 3 aromatic heterocycles. The van der Waals surface area contributed by atoms with Crippen LogP contribution in [0.1, 0.15) is 41.9 Å². The number of Topliss-reactive ketones (excluding diaryl/α,β-unsaturated/α-hetero) is 1. The summed E-state index contributed by atoms with van der Waals surface area (Å²) in [5.74, 6) is -1.65. The monoisotopic (exact) mass is 515 g/mol. The van der Waals surface area contributed by atoms with E-state index in [1.54, 1.807) is 38.5 Å². The Balaban J connectivity index is 1.63. The van der Waals surface area contributed by atoms with Gasteiger partial charge in [-0.3, -0.25) is 9.59 Å². The highest BCUT2D eigenvalue weighted by molar-refractivity contribution is 6.46. The summed E-state index contributed by atoms with van der Waals surface area (Å²) in [6.45, 7) is 6.69. The number of aryl methyl sites for hydroxylation is 3. The molecule has 0 bridgehead atoms. The van der Waals surface area contributed by atoms with Crippen molar-refractivity contribution in [2.75, 3.05) is 13.2 Å². The van der Waals surface area contributed by atoms with Crippen LogP contribution in [0.5, 0.6) is 11.5 Å². The Morgan fingerprint density at radius 1 is 1.13 bits per heavy atom. The van der Waals surface area contributed by atoms with E-state index in [-0.39, 0.29) is 35.1 Å². The van der Waals surface area contributed by atoms with Crippen LogP contribution in [0, 0.1) is 13.8 Å². The molecule has 10 nitrogen and oxygen atoms in total. The van der Waals surface area contributed by atoms with Gasteiger partial charge in [0.2, 0.25) is 0 Å². The third-order valence-corrected chi connectivity index (χ3v) is 6.82. The van der Waals surface area contributed by atoms with Gasteiger partial charge >= 0.3 is 0 Å². The van der Waals surface area contributed by atoms with E-state index in [1.165, 1.54) is 11.0 Å². The number of phenolic OH excluding ortho intramolecular Hbond substituents is 1. The van der Waals surface area contributed by atoms with Crippen LogP contribution in [0.4, 0.5) is 0 Å². The van der Waals surface area contributed by atoms with Crippen LogP contribution in [0.3, 0.4) is 0 Å². The molecule has 10 heteroatoms. The number of hydrogen-bond donors (Lipinski definition) is 2. The quantitative estimate of drug-likeness (QED) is 0.208. The number of ether oxygens (including phenoxy) is 1. The lowest BCUT2D eigenvalue weighted by molar-refractivity contribution is -0.139. The van der Waals surface area contributed by atoms with Crippen LogP contribution in [-0.2, 0) is 16.1 Å². The number of aliphatic hydroxyl groups excluding tert-OH is 1. The van der Waals surface area contributed by atoms with Gasteiger partial charge in [0.15, 0.2) is 17.3 Å². The number of hydrogen-bond acceptors (Lipinski definition) is 7.